The third-order valence-electron chi connectivity index (χ3n) is 26.4. The fraction of sp³-hybridized carbons (Fsp3) is 0.684. The molecule has 1 saturated heterocycles. The molecule has 23 N–H and O–H groups in total. The molecule has 2 saturated carbocycles. The normalized spacial score (nSPS) is 16.8. The predicted octanol–water partition coefficient (Wildman–Crippen LogP) is 3.49. The molecule has 2 aliphatic carbocycles. The number of nitrogens with zero attached hydrogens (tertiary/aromatic N) is 5. The van der Waals surface area contributed by atoms with Crippen LogP contribution in [0.5, 0.6) is 0 Å². The minimum absolute atomic E-state index is 0. The van der Waals surface area contributed by atoms with Crippen LogP contribution < -0.4 is 77.4 Å². The van der Waals surface area contributed by atoms with E-state index in [1.54, 1.807) is 88.2 Å². The van der Waals surface area contributed by atoms with Crippen molar-refractivity contribution in [2.24, 2.45) is 98.4 Å². The SMILES string of the molecule is C1CCCC1.CCC(C)[C@H](CC(=O)[C@@H](N)CCCN=C(N)N)C(=O)N[C@@H](CC(N)=O)C(=O)C[C@@H](CC(N)=O)C(=O)N[C@H](C(=O)N1C[C@@H](n2cc(C3CCCC3)nn2)CC1C(=O)N[C@@H](Cc1c[nH]c2ccccc12)C(=O)C[C@@H](CO)C(=O)N[C@@H](CC)C(=O)C[C@@H](C)C(=O)NC)C(C)CC.CSCC[C@H](CC(=O)[C@@H](C)CCSC)C(=O)NCCC(=O)N[C@@H](CCC(N)=O)C(=O)CCCC(=O)C[C@@H](CS)C(N)=O.O=C=O.[Fe]. The average molecular weight is 2120 g/mol. The number of aliphatic imine (C=N–C) groups is 1. The maximum atomic E-state index is 15.5. The average Bonchev–Trinajstić information content (AvgIpc) is 1.63. The van der Waals surface area contributed by atoms with Crippen molar-refractivity contribution < 1.29 is 123 Å². The van der Waals surface area contributed by atoms with Gasteiger partial charge in [0.05, 0.1) is 72.7 Å². The molecule has 17 atom stereocenters. The maximum Gasteiger partial charge on any atom is 0.373 e. The molecule has 12 amide bonds. The fourth-order valence-corrected chi connectivity index (χ4v) is 18.5. The van der Waals surface area contributed by atoms with Crippen LogP contribution in [0.4, 0.5) is 0 Å². The molecule has 2 aromatic heterocycles. The van der Waals surface area contributed by atoms with E-state index in [1.807, 2.05) is 37.6 Å². The van der Waals surface area contributed by atoms with Crippen LogP contribution in [0.2, 0.25) is 0 Å². The number of guanidine groups is 1. The Labute approximate surface area is 867 Å². The molecule has 3 unspecified atom stereocenters. The van der Waals surface area contributed by atoms with Crippen LogP contribution in [-0.4, -0.2) is 259 Å². The second kappa shape index (κ2) is 70.2. The summed E-state index contributed by atoms with van der Waals surface area (Å²) in [5.41, 5.74) is 40.8. The van der Waals surface area contributed by atoms with Crippen molar-refractivity contribution in [1.29, 1.82) is 0 Å². The number of thiol groups is 1. The number of carbonyl (C=O) groups is 19. The third kappa shape index (κ3) is 46.8. The first-order chi connectivity index (χ1) is 67.9. The largest absolute Gasteiger partial charge is 0.396 e. The van der Waals surface area contributed by atoms with E-state index in [0.29, 0.717) is 24.8 Å². The number of aliphatic hydroxyl groups is 1. The summed E-state index contributed by atoms with van der Waals surface area (Å²) in [6.07, 6.45) is 18.3. The van der Waals surface area contributed by atoms with Crippen molar-refractivity contribution in [3.63, 3.8) is 0 Å². The summed E-state index contributed by atoms with van der Waals surface area (Å²) in [6, 6.07) is -2.20. The quantitative estimate of drug-likeness (QED) is 0.0126. The summed E-state index contributed by atoms with van der Waals surface area (Å²) in [6.45, 7) is 11.4. The number of nitrogens with two attached hydrogens (primary N) is 7. The van der Waals surface area contributed by atoms with Gasteiger partial charge in [-0.25, -0.2) is 4.68 Å². The Balaban J connectivity index is 0.00000114. The van der Waals surface area contributed by atoms with Gasteiger partial charge in [-0.15, -0.1) is 5.10 Å². The van der Waals surface area contributed by atoms with Gasteiger partial charge in [0, 0.05) is 186 Å². The zero-order valence-corrected chi connectivity index (χ0v) is 88.5. The minimum atomic E-state index is -1.63. The minimum Gasteiger partial charge on any atom is -0.396 e. The summed E-state index contributed by atoms with van der Waals surface area (Å²) in [5, 5.41) is 39.0. The van der Waals surface area contributed by atoms with Crippen LogP contribution in [-0.2, 0) is 124 Å². The van der Waals surface area contributed by atoms with Crippen LogP contribution in [0.15, 0.2) is 41.7 Å². The topological polar surface area (TPSA) is 707 Å². The van der Waals surface area contributed by atoms with E-state index in [9.17, 15) is 86.6 Å². The van der Waals surface area contributed by atoms with Crippen molar-refractivity contribution in [3.05, 3.63) is 47.9 Å². The molecular formula is C98H156FeN20O22S3. The van der Waals surface area contributed by atoms with Crippen molar-refractivity contribution in [3.8, 4) is 0 Å². The van der Waals surface area contributed by atoms with Crippen LogP contribution >= 0.6 is 36.2 Å². The van der Waals surface area contributed by atoms with Gasteiger partial charge in [-0.05, 0) is 105 Å². The van der Waals surface area contributed by atoms with E-state index in [0.717, 1.165) is 60.2 Å². The van der Waals surface area contributed by atoms with Gasteiger partial charge in [0.15, 0.2) is 29.1 Å². The number of hydrogen-bond acceptors (Lipinski definition) is 29. The van der Waals surface area contributed by atoms with E-state index in [2.05, 4.69) is 70.1 Å². The Morgan fingerprint density at radius 3 is 1.74 bits per heavy atom. The number of H-pyrrole nitrogens is 1. The van der Waals surface area contributed by atoms with Crippen LogP contribution in [0.1, 0.15) is 271 Å². The molecule has 3 fully saturated rings. The van der Waals surface area contributed by atoms with Gasteiger partial charge in [0.2, 0.25) is 70.9 Å². The van der Waals surface area contributed by atoms with Gasteiger partial charge in [-0.2, -0.15) is 45.7 Å². The van der Waals surface area contributed by atoms with Crippen molar-refractivity contribution >= 4 is 171 Å². The summed E-state index contributed by atoms with van der Waals surface area (Å²) < 4.78 is 1.59. The molecule has 806 valence electrons. The smallest absolute Gasteiger partial charge is 0.373 e. The number of likely N-dealkylation sites (tertiary alicyclic amines) is 1. The first-order valence-electron chi connectivity index (χ1n) is 49.5. The summed E-state index contributed by atoms with van der Waals surface area (Å²) in [7, 11) is 1.44. The number of rotatable bonds is 66. The van der Waals surface area contributed by atoms with E-state index >= 15 is 9.59 Å². The molecule has 3 heterocycles. The van der Waals surface area contributed by atoms with E-state index in [1.165, 1.54) is 44.1 Å². The second-order valence-corrected chi connectivity index (χ2v) is 39.7. The number of aromatic amines is 1. The molecule has 42 nitrogen and oxygen atoms in total. The number of Topliss-reactive ketones (excluding diaryl/α,β-unsaturated/α-hetero) is 7. The molecule has 1 aromatic carbocycles. The zero-order chi connectivity index (χ0) is 107. The molecule has 1 aliphatic heterocycles. The number of ketones is 7. The number of primary amides is 4. The van der Waals surface area contributed by atoms with Crippen molar-refractivity contribution in [2.75, 3.05) is 63.1 Å². The summed E-state index contributed by atoms with van der Waals surface area (Å²) in [4.78, 5) is 277. The Bertz CT molecular complexity index is 4740. The number of carbonyl (C=O) groups excluding carboxylic acids is 21. The number of fused-ring (bicyclic) bond motifs is 1. The number of aliphatic hydroxyl groups excluding tert-OH is 1. The second-order valence-electron chi connectivity index (χ2n) is 37.4. The first-order valence-corrected chi connectivity index (χ1v) is 52.9. The summed E-state index contributed by atoms with van der Waals surface area (Å²) >= 11 is 7.28. The fourth-order valence-electron chi connectivity index (χ4n) is 17.1. The van der Waals surface area contributed by atoms with E-state index in [-0.39, 0.29) is 192 Å². The van der Waals surface area contributed by atoms with Gasteiger partial charge in [-0.1, -0.05) is 130 Å². The molecule has 6 rings (SSSR count). The van der Waals surface area contributed by atoms with Crippen LogP contribution in [0.25, 0.3) is 10.9 Å². The number of nitrogens with one attached hydrogen (secondary N) is 8. The third-order valence-corrected chi connectivity index (χ3v) is 28.1. The number of para-hydroxylation sites is 1. The van der Waals surface area contributed by atoms with Gasteiger partial charge in [-0.3, -0.25) is 96.1 Å². The number of aromatic nitrogens is 4. The van der Waals surface area contributed by atoms with E-state index in [4.69, 9.17) is 49.7 Å². The number of thioether (sulfide) groups is 2. The molecule has 0 radical (unpaired) electrons. The van der Waals surface area contributed by atoms with Crippen molar-refractivity contribution in [1.82, 2.24) is 62.1 Å². The van der Waals surface area contributed by atoms with Crippen LogP contribution in [0, 0.1) is 53.3 Å². The molecule has 3 aromatic rings. The number of hydrogen-bond donors (Lipinski definition) is 17. The Kier molecular flexibility index (Phi) is 63.1. The van der Waals surface area contributed by atoms with Crippen LogP contribution in [0.3, 0.4) is 0 Å². The van der Waals surface area contributed by atoms with Gasteiger partial charge in [0.25, 0.3) is 0 Å². The van der Waals surface area contributed by atoms with Gasteiger partial charge >= 0.3 is 6.15 Å². The Hall–Kier alpha value is -10.6. The maximum absolute atomic E-state index is 15.5. The molecular weight excluding hydrogens is 1960 g/mol. The first kappa shape index (κ1) is 129. The standard InChI is InChI=1S/C64H98N16O13.C28H48N4O7S3.C5H10.CO2.Fe/c1-8-34(4)43(28-51(82)44(65)19-15-21-71-64(68)69)61(91)74-48(29-56(67)87)53(84)24-38(26-55(66)86)59(89)76-57(35(5)9-2)63(93)79-31-41(80-32-49(77-78-80)37-16-11-12-17-37)27-50(79)62(92)75-47(23-39-30-72-46-20-14-13-18-42(39)46)54(85)25-40(33-81)60(90)73-45(10-3)52(83)22-36(6)58(88)70-7;1-18(10-13-41-2)24(35)16-19(11-14-42-3)28(39)31-12-9-26(37)32-22(7-8-25(29)36)23(34)6-4-5-21(33)15-20(17-40)27(30)38;1-2-4-5-3-1;2-1-3;/h13-14,18,20,30,32,34-38,40-41,43-45,47-48,50,57,72,81H,8-12,15-17,19,21-29,31,33,65H2,1-7H3,(H2,66,86)(H2,67,87)(H,70,88)(H,73,90)(H,74,91)(H,75,92)(H,76,89)(H4,68,69,71);18-20,22,40H,4-17H2,1-3H3,(H2,29,36)(H2,30,38)(H,31,39)(H,32,37);1-5H2;;/t34?,35?,36-,38+,40+,41+,43+,44+,45+,47+,48+,50?,57+;18-,19+,20-,22-;;;/m10.../s1. The molecule has 144 heavy (non-hydrogen) atoms. The monoisotopic (exact) mass is 2120 g/mol. The van der Waals surface area contributed by atoms with Gasteiger partial charge in [0.1, 0.15) is 29.4 Å². The molecule has 3 aliphatic rings. The molecule has 46 heteroatoms. The Morgan fingerprint density at radius 2 is 1.17 bits per heavy atom. The predicted molar refractivity (Wildman–Crippen MR) is 543 cm³/mol. The summed E-state index contributed by atoms with van der Waals surface area (Å²) in [5.74, 6) is -16.7. The van der Waals surface area contributed by atoms with E-state index < -0.39 is 210 Å². The van der Waals surface area contributed by atoms with Crippen molar-refractivity contribution in [2.45, 2.75) is 308 Å². The zero-order valence-electron chi connectivity index (χ0n) is 84.8. The van der Waals surface area contributed by atoms with Gasteiger partial charge < -0.3 is 92.3 Å². The molecule has 0 spiro atoms. The number of amides is 12. The molecule has 0 bridgehead atoms. The Morgan fingerprint density at radius 1 is 0.576 bits per heavy atom. The number of benzene rings is 1.